The molecule has 1 aliphatic heterocycles. The van der Waals surface area contributed by atoms with Crippen molar-refractivity contribution < 1.29 is 23.9 Å². The van der Waals surface area contributed by atoms with Crippen molar-refractivity contribution in [2.24, 2.45) is 0 Å². The summed E-state index contributed by atoms with van der Waals surface area (Å²) in [6.07, 6.45) is 0. The quantitative estimate of drug-likeness (QED) is 0.641. The summed E-state index contributed by atoms with van der Waals surface area (Å²) in [6.45, 7) is 0. The standard InChI is InChI=1S/C17H13NO5/c1-22-11-7-10(8-12(9-11)23-2)18-16(20)14-6-4-3-5-13(14)15(19)17(18)21/h3-9H,1-2H3. The zero-order chi connectivity index (χ0) is 16.6. The molecular weight excluding hydrogens is 298 g/mol. The minimum Gasteiger partial charge on any atom is -0.497 e. The Bertz CT molecular complexity index is 805. The van der Waals surface area contributed by atoms with Gasteiger partial charge >= 0.3 is 5.91 Å². The maximum absolute atomic E-state index is 12.6. The molecule has 2 amide bonds. The van der Waals surface area contributed by atoms with Crippen LogP contribution in [0.3, 0.4) is 0 Å². The minimum absolute atomic E-state index is 0.119. The van der Waals surface area contributed by atoms with Crippen LogP contribution in [0.15, 0.2) is 42.5 Å². The van der Waals surface area contributed by atoms with E-state index < -0.39 is 17.6 Å². The van der Waals surface area contributed by atoms with Gasteiger partial charge in [0.05, 0.1) is 25.5 Å². The smallest absolute Gasteiger partial charge is 0.306 e. The molecule has 0 N–H and O–H groups in total. The van der Waals surface area contributed by atoms with Crippen molar-refractivity contribution in [3.63, 3.8) is 0 Å². The van der Waals surface area contributed by atoms with Crippen LogP contribution in [-0.2, 0) is 4.79 Å². The number of benzene rings is 2. The number of Topliss-reactive ketones (excluding diaryl/α,β-unsaturated/α-hetero) is 1. The number of imide groups is 1. The van der Waals surface area contributed by atoms with Gasteiger partial charge in [-0.25, -0.2) is 4.90 Å². The number of ether oxygens (including phenoxy) is 2. The predicted octanol–water partition coefficient (Wildman–Crippen LogP) is 2.07. The molecule has 23 heavy (non-hydrogen) atoms. The topological polar surface area (TPSA) is 72.9 Å². The summed E-state index contributed by atoms with van der Waals surface area (Å²) in [5.41, 5.74) is 0.534. The molecule has 0 saturated carbocycles. The fourth-order valence-corrected chi connectivity index (χ4v) is 2.45. The van der Waals surface area contributed by atoms with Crippen molar-refractivity contribution in [1.29, 1.82) is 0 Å². The van der Waals surface area contributed by atoms with Crippen LogP contribution in [0.2, 0.25) is 0 Å². The van der Waals surface area contributed by atoms with E-state index in [1.807, 2.05) is 0 Å². The molecule has 2 aromatic rings. The van der Waals surface area contributed by atoms with Crippen molar-refractivity contribution in [1.82, 2.24) is 0 Å². The SMILES string of the molecule is COc1cc(OC)cc(N2C(=O)C(=O)c3ccccc3C2=O)c1. The highest BCUT2D eigenvalue weighted by molar-refractivity contribution is 6.55. The molecular formula is C17H13NO5. The molecule has 1 aliphatic rings. The molecule has 0 bridgehead atoms. The molecule has 0 radical (unpaired) electrons. The molecule has 0 aliphatic carbocycles. The molecule has 3 rings (SSSR count). The van der Waals surface area contributed by atoms with Gasteiger partial charge < -0.3 is 9.47 Å². The monoisotopic (exact) mass is 311 g/mol. The molecule has 116 valence electrons. The van der Waals surface area contributed by atoms with Gasteiger partial charge in [0.15, 0.2) is 0 Å². The summed E-state index contributed by atoms with van der Waals surface area (Å²) in [5.74, 6) is -1.36. The lowest BCUT2D eigenvalue weighted by molar-refractivity contribution is -0.114. The van der Waals surface area contributed by atoms with Crippen LogP contribution in [0.4, 0.5) is 5.69 Å². The van der Waals surface area contributed by atoms with E-state index >= 15 is 0 Å². The summed E-state index contributed by atoms with van der Waals surface area (Å²) in [7, 11) is 2.91. The summed E-state index contributed by atoms with van der Waals surface area (Å²) in [6, 6.07) is 10.9. The molecule has 2 aromatic carbocycles. The number of hydrogen-bond acceptors (Lipinski definition) is 5. The molecule has 0 saturated heterocycles. The average Bonchev–Trinajstić information content (AvgIpc) is 2.59. The van der Waals surface area contributed by atoms with Crippen LogP contribution in [-0.4, -0.2) is 31.8 Å². The Kier molecular flexibility index (Phi) is 3.57. The Labute approximate surface area is 132 Å². The van der Waals surface area contributed by atoms with Gasteiger partial charge in [-0.2, -0.15) is 0 Å². The van der Waals surface area contributed by atoms with Crippen molar-refractivity contribution in [3.8, 4) is 11.5 Å². The number of anilines is 1. The van der Waals surface area contributed by atoms with Crippen LogP contribution >= 0.6 is 0 Å². The van der Waals surface area contributed by atoms with Gasteiger partial charge in [0.25, 0.3) is 11.7 Å². The van der Waals surface area contributed by atoms with Gasteiger partial charge in [-0.15, -0.1) is 0 Å². The van der Waals surface area contributed by atoms with Crippen LogP contribution in [0.1, 0.15) is 20.7 Å². The molecule has 6 nitrogen and oxygen atoms in total. The highest BCUT2D eigenvalue weighted by Gasteiger charge is 2.38. The largest absolute Gasteiger partial charge is 0.497 e. The van der Waals surface area contributed by atoms with E-state index in [4.69, 9.17) is 9.47 Å². The zero-order valence-corrected chi connectivity index (χ0v) is 12.5. The lowest BCUT2D eigenvalue weighted by atomic mass is 9.97. The lowest BCUT2D eigenvalue weighted by Crippen LogP contribution is -2.46. The van der Waals surface area contributed by atoms with Gasteiger partial charge in [-0.05, 0) is 6.07 Å². The number of methoxy groups -OCH3 is 2. The normalized spacial score (nSPS) is 13.8. The molecule has 0 aromatic heterocycles. The molecule has 0 fully saturated rings. The van der Waals surface area contributed by atoms with Gasteiger partial charge in [-0.3, -0.25) is 14.4 Å². The highest BCUT2D eigenvalue weighted by atomic mass is 16.5. The summed E-state index contributed by atoms with van der Waals surface area (Å²) in [5, 5.41) is 0. The fourth-order valence-electron chi connectivity index (χ4n) is 2.45. The third-order valence-electron chi connectivity index (χ3n) is 3.60. The van der Waals surface area contributed by atoms with E-state index in [9.17, 15) is 14.4 Å². The zero-order valence-electron chi connectivity index (χ0n) is 12.5. The van der Waals surface area contributed by atoms with Crippen molar-refractivity contribution >= 4 is 23.3 Å². The van der Waals surface area contributed by atoms with E-state index in [2.05, 4.69) is 0 Å². The maximum Gasteiger partial charge on any atom is 0.306 e. The van der Waals surface area contributed by atoms with Gasteiger partial charge in [-0.1, -0.05) is 18.2 Å². The fraction of sp³-hybridized carbons (Fsp3) is 0.118. The Hall–Kier alpha value is -3.15. The first kappa shape index (κ1) is 14.8. The second-order valence-electron chi connectivity index (χ2n) is 4.89. The number of rotatable bonds is 3. The van der Waals surface area contributed by atoms with Crippen molar-refractivity contribution in [2.75, 3.05) is 19.1 Å². The Morgan fingerprint density at radius 2 is 1.35 bits per heavy atom. The van der Waals surface area contributed by atoms with E-state index in [-0.39, 0.29) is 16.8 Å². The lowest BCUT2D eigenvalue weighted by Gasteiger charge is -2.26. The minimum atomic E-state index is -0.899. The van der Waals surface area contributed by atoms with Crippen LogP contribution < -0.4 is 14.4 Å². The predicted molar refractivity (Wildman–Crippen MR) is 82.1 cm³/mol. The molecule has 6 heteroatoms. The second-order valence-corrected chi connectivity index (χ2v) is 4.89. The van der Waals surface area contributed by atoms with E-state index in [1.54, 1.807) is 18.2 Å². The number of amides is 2. The van der Waals surface area contributed by atoms with Crippen molar-refractivity contribution in [2.45, 2.75) is 0 Å². The number of fused-ring (bicyclic) bond motifs is 1. The third kappa shape index (κ3) is 2.34. The van der Waals surface area contributed by atoms with Crippen LogP contribution in [0.25, 0.3) is 0 Å². The van der Waals surface area contributed by atoms with Gasteiger partial charge in [0, 0.05) is 23.8 Å². The first-order chi connectivity index (χ1) is 11.1. The summed E-state index contributed by atoms with van der Waals surface area (Å²) >= 11 is 0. The first-order valence-electron chi connectivity index (χ1n) is 6.82. The number of nitrogens with zero attached hydrogens (tertiary/aromatic N) is 1. The Morgan fingerprint density at radius 3 is 1.91 bits per heavy atom. The number of ketones is 1. The summed E-state index contributed by atoms with van der Waals surface area (Å²) < 4.78 is 10.3. The number of carbonyl (C=O) groups excluding carboxylic acids is 3. The molecule has 0 unspecified atom stereocenters. The van der Waals surface area contributed by atoms with Crippen LogP contribution in [0.5, 0.6) is 11.5 Å². The summed E-state index contributed by atoms with van der Waals surface area (Å²) in [4.78, 5) is 38.1. The molecule has 0 spiro atoms. The highest BCUT2D eigenvalue weighted by Crippen LogP contribution is 2.32. The molecule has 0 atom stereocenters. The number of hydrogen-bond donors (Lipinski definition) is 0. The van der Waals surface area contributed by atoms with E-state index in [0.29, 0.717) is 11.5 Å². The average molecular weight is 311 g/mol. The third-order valence-corrected chi connectivity index (χ3v) is 3.60. The Balaban J connectivity index is 2.16. The molecule has 1 heterocycles. The number of carbonyl (C=O) groups is 3. The second kappa shape index (κ2) is 5.57. The van der Waals surface area contributed by atoms with Crippen molar-refractivity contribution in [3.05, 3.63) is 53.6 Å². The van der Waals surface area contributed by atoms with Gasteiger partial charge in [0.1, 0.15) is 11.5 Å². The van der Waals surface area contributed by atoms with E-state index in [0.717, 1.165) is 4.90 Å². The van der Waals surface area contributed by atoms with Crippen LogP contribution in [0, 0.1) is 0 Å². The van der Waals surface area contributed by atoms with E-state index in [1.165, 1.54) is 38.5 Å². The first-order valence-corrected chi connectivity index (χ1v) is 6.82. The maximum atomic E-state index is 12.6. The van der Waals surface area contributed by atoms with Gasteiger partial charge in [0.2, 0.25) is 0 Å². The Morgan fingerprint density at radius 1 is 0.783 bits per heavy atom.